The van der Waals surface area contributed by atoms with Crippen LogP contribution in [0, 0.1) is 23.7 Å². The van der Waals surface area contributed by atoms with Crippen molar-refractivity contribution in [2.75, 3.05) is 46.7 Å². The van der Waals surface area contributed by atoms with Gasteiger partial charge in [-0.2, -0.15) is 0 Å². The number of nitrogens with one attached hydrogen (secondary N) is 1. The zero-order valence-electron chi connectivity index (χ0n) is 24.4. The smallest absolute Gasteiger partial charge is 0.305 e. The molecule has 13 heteroatoms. The van der Waals surface area contributed by atoms with Gasteiger partial charge in [0.05, 0.1) is 24.6 Å². The van der Waals surface area contributed by atoms with Gasteiger partial charge in [-0.1, -0.05) is 0 Å². The highest BCUT2D eigenvalue weighted by Crippen LogP contribution is 2.52. The van der Waals surface area contributed by atoms with Gasteiger partial charge in [-0.15, -0.1) is 0 Å². The number of anilines is 1. The molecule has 5 N–H and O–H groups in total. The molecule has 0 aliphatic heterocycles. The van der Waals surface area contributed by atoms with Crippen molar-refractivity contribution in [2.45, 2.75) is 43.9 Å². The SMILES string of the molecule is COC(=O)CCCNCc1cc(N(C)C)c2c(c1O)C(=O)C1C(=O)[C@]3(O)C(=O)C(C(N)=O)C(=O)[C@@H](N(C)C)[C@@H]3C[C@@H]1C2. The van der Waals surface area contributed by atoms with Gasteiger partial charge >= 0.3 is 5.97 Å². The van der Waals surface area contributed by atoms with Gasteiger partial charge in [0.2, 0.25) is 5.91 Å². The van der Waals surface area contributed by atoms with E-state index in [0.29, 0.717) is 29.8 Å². The largest absolute Gasteiger partial charge is 0.507 e. The molecule has 2 unspecified atom stereocenters. The molecule has 1 amide bonds. The van der Waals surface area contributed by atoms with Gasteiger partial charge in [-0.05, 0) is 57.5 Å². The van der Waals surface area contributed by atoms with Crippen molar-refractivity contribution in [1.29, 1.82) is 0 Å². The van der Waals surface area contributed by atoms with Gasteiger partial charge in [0.1, 0.15) is 5.75 Å². The minimum atomic E-state index is -2.77. The molecule has 13 nitrogen and oxygen atoms in total. The van der Waals surface area contributed by atoms with E-state index in [0.717, 1.165) is 0 Å². The van der Waals surface area contributed by atoms with Gasteiger partial charge in [0.25, 0.3) is 0 Å². The number of fused-ring (bicyclic) bond motifs is 3. The van der Waals surface area contributed by atoms with Crippen LogP contribution >= 0.6 is 0 Å². The molecule has 0 spiro atoms. The van der Waals surface area contributed by atoms with Crippen LogP contribution in [0.3, 0.4) is 0 Å². The number of amides is 1. The molecule has 2 fully saturated rings. The molecule has 6 atom stereocenters. The number of phenols is 1. The number of benzene rings is 1. The lowest BCUT2D eigenvalue weighted by atomic mass is 9.52. The Morgan fingerprint density at radius 1 is 1.14 bits per heavy atom. The Kier molecular flexibility index (Phi) is 8.59. The standard InChI is InChI=1S/C29H38N4O9/c1-32(2)17-11-14(12-31-8-6-7-18(34)42-5)23(35)20-15(17)9-13-10-16-22(33(3)4)25(37)21(28(30)40)27(39)29(16,41)26(38)19(13)24(20)36/h11,13,16,19,21-22,31,35,41H,6-10,12H2,1-5H3,(H2,30,40)/t13-,16-,19?,21?,22-,29-/m0/s1. The number of likely N-dealkylation sites (N-methyl/N-ethyl adjacent to an activating group) is 1. The van der Waals surface area contributed by atoms with Crippen molar-refractivity contribution in [1.82, 2.24) is 10.2 Å². The predicted molar refractivity (Wildman–Crippen MR) is 149 cm³/mol. The summed E-state index contributed by atoms with van der Waals surface area (Å²) in [7, 11) is 7.96. The monoisotopic (exact) mass is 586 g/mol. The second kappa shape index (κ2) is 11.5. The van der Waals surface area contributed by atoms with E-state index in [1.54, 1.807) is 39.2 Å². The second-order valence-electron chi connectivity index (χ2n) is 11.8. The van der Waals surface area contributed by atoms with Crippen LogP contribution in [-0.2, 0) is 41.7 Å². The van der Waals surface area contributed by atoms with Crippen molar-refractivity contribution in [3.05, 3.63) is 22.8 Å². The third kappa shape index (κ3) is 4.88. The first-order chi connectivity index (χ1) is 19.7. The first-order valence-corrected chi connectivity index (χ1v) is 13.9. The number of rotatable bonds is 9. The van der Waals surface area contributed by atoms with Gasteiger partial charge in [-0.25, -0.2) is 0 Å². The molecule has 0 radical (unpaired) electrons. The molecule has 0 heterocycles. The second-order valence-corrected chi connectivity index (χ2v) is 11.8. The zero-order valence-corrected chi connectivity index (χ0v) is 24.4. The number of primary amides is 1. The molecular formula is C29H38N4O9. The molecule has 0 saturated heterocycles. The van der Waals surface area contributed by atoms with E-state index in [-0.39, 0.29) is 43.1 Å². The Morgan fingerprint density at radius 3 is 2.38 bits per heavy atom. The molecule has 2 saturated carbocycles. The Morgan fingerprint density at radius 2 is 1.81 bits per heavy atom. The number of Topliss-reactive ketones (excluding diaryl/α,β-unsaturated/α-hetero) is 4. The summed E-state index contributed by atoms with van der Waals surface area (Å²) in [5.41, 5.74) is 4.12. The molecule has 1 aromatic carbocycles. The highest BCUT2D eigenvalue weighted by molar-refractivity contribution is 6.32. The van der Waals surface area contributed by atoms with Crippen molar-refractivity contribution >= 4 is 40.7 Å². The number of phenolic OH excluding ortho intramolecular Hbond substituents is 1. The highest BCUT2D eigenvalue weighted by atomic mass is 16.5. The predicted octanol–water partition coefficient (Wildman–Crippen LogP) is -1.02. The average Bonchev–Trinajstić information content (AvgIpc) is 2.90. The van der Waals surface area contributed by atoms with Crippen LogP contribution in [-0.4, -0.2) is 104 Å². The first-order valence-electron chi connectivity index (χ1n) is 13.9. The summed E-state index contributed by atoms with van der Waals surface area (Å²) in [6.45, 7) is 0.594. The van der Waals surface area contributed by atoms with Gasteiger partial charge in [0, 0.05) is 44.2 Å². The zero-order chi connectivity index (χ0) is 31.3. The minimum absolute atomic E-state index is 0.0129. The highest BCUT2D eigenvalue weighted by Gasteiger charge is 2.69. The Hall–Kier alpha value is -3.68. The molecule has 0 bridgehead atoms. The number of methoxy groups -OCH3 is 1. The fraction of sp³-hybridized carbons (Fsp3) is 0.586. The number of ketones is 4. The Labute approximate surface area is 243 Å². The van der Waals surface area contributed by atoms with Crippen LogP contribution < -0.4 is 16.0 Å². The number of ether oxygens (including phenoxy) is 1. The van der Waals surface area contributed by atoms with Crippen LogP contribution in [0.5, 0.6) is 5.75 Å². The number of carbonyl (C=O) groups is 6. The fourth-order valence-corrected chi connectivity index (χ4v) is 6.92. The van der Waals surface area contributed by atoms with Crippen molar-refractivity contribution in [2.24, 2.45) is 29.4 Å². The normalized spacial score (nSPS) is 28.7. The van der Waals surface area contributed by atoms with Crippen LogP contribution in [0.2, 0.25) is 0 Å². The summed E-state index contributed by atoms with van der Waals surface area (Å²) in [5.74, 6) is -11.1. The third-order valence-corrected chi connectivity index (χ3v) is 8.88. The van der Waals surface area contributed by atoms with E-state index in [9.17, 15) is 39.0 Å². The van der Waals surface area contributed by atoms with Crippen molar-refractivity contribution in [3.8, 4) is 5.75 Å². The average molecular weight is 587 g/mol. The number of carbonyl (C=O) groups excluding carboxylic acids is 6. The van der Waals surface area contributed by atoms with Gasteiger partial charge in [-0.3, -0.25) is 33.7 Å². The van der Waals surface area contributed by atoms with Crippen LogP contribution in [0.25, 0.3) is 0 Å². The van der Waals surface area contributed by atoms with Crippen LogP contribution in [0.4, 0.5) is 5.69 Å². The maximum atomic E-state index is 14.0. The quantitative estimate of drug-likeness (QED) is 0.156. The molecule has 42 heavy (non-hydrogen) atoms. The number of nitrogens with two attached hydrogens (primary N) is 1. The molecule has 228 valence electrons. The molecular weight excluding hydrogens is 548 g/mol. The number of esters is 1. The van der Waals surface area contributed by atoms with E-state index >= 15 is 0 Å². The summed E-state index contributed by atoms with van der Waals surface area (Å²) < 4.78 is 4.63. The topological polar surface area (TPSA) is 197 Å². The van der Waals surface area contributed by atoms with Crippen molar-refractivity contribution < 1.29 is 43.7 Å². The van der Waals surface area contributed by atoms with Gasteiger partial charge in [0.15, 0.2) is 34.7 Å². The number of aliphatic hydroxyl groups is 1. The summed E-state index contributed by atoms with van der Waals surface area (Å²) >= 11 is 0. The van der Waals surface area contributed by atoms with Gasteiger partial charge < -0.3 is 30.9 Å². The van der Waals surface area contributed by atoms with E-state index in [1.807, 2.05) is 0 Å². The number of aromatic hydroxyl groups is 1. The summed E-state index contributed by atoms with van der Waals surface area (Å²) in [6, 6.07) is 0.602. The van der Waals surface area contributed by atoms with Crippen LogP contribution in [0.1, 0.15) is 40.7 Å². The minimum Gasteiger partial charge on any atom is -0.507 e. The number of hydrogen-bond acceptors (Lipinski definition) is 12. The Bertz CT molecular complexity index is 1360. The van der Waals surface area contributed by atoms with Crippen LogP contribution in [0.15, 0.2) is 6.07 Å². The lowest BCUT2D eigenvalue weighted by molar-refractivity contribution is -0.181. The first kappa shape index (κ1) is 31.3. The number of nitrogens with zero attached hydrogens (tertiary/aromatic N) is 2. The van der Waals surface area contributed by atoms with Crippen molar-refractivity contribution in [3.63, 3.8) is 0 Å². The van der Waals surface area contributed by atoms with E-state index in [4.69, 9.17) is 5.73 Å². The molecule has 1 aromatic rings. The molecule has 3 aliphatic carbocycles. The van der Waals surface area contributed by atoms with E-state index < -0.39 is 64.4 Å². The lowest BCUT2D eigenvalue weighted by Crippen LogP contribution is -2.74. The summed E-state index contributed by atoms with van der Waals surface area (Å²) in [5, 5.41) is 26.1. The molecule has 0 aromatic heterocycles. The fourth-order valence-electron chi connectivity index (χ4n) is 6.92. The Balaban J connectivity index is 1.74. The van der Waals surface area contributed by atoms with E-state index in [1.165, 1.54) is 12.0 Å². The maximum Gasteiger partial charge on any atom is 0.305 e. The number of hydrogen-bond donors (Lipinski definition) is 4. The maximum absolute atomic E-state index is 14.0. The lowest BCUT2D eigenvalue weighted by Gasteiger charge is -2.52. The van der Waals surface area contributed by atoms with E-state index in [2.05, 4.69) is 10.1 Å². The third-order valence-electron chi connectivity index (χ3n) is 8.88. The molecule has 4 rings (SSSR count). The summed E-state index contributed by atoms with van der Waals surface area (Å²) in [6.07, 6.45) is 0.874. The summed E-state index contributed by atoms with van der Waals surface area (Å²) in [4.78, 5) is 81.5. The molecule has 3 aliphatic rings.